The second-order valence-corrected chi connectivity index (χ2v) is 6.97. The number of rotatable bonds is 6. The number of carbonyl (C=O) groups excluding carboxylic acids is 1. The third-order valence-electron chi connectivity index (χ3n) is 4.08. The van der Waals surface area contributed by atoms with E-state index in [1.54, 1.807) is 36.4 Å². The van der Waals surface area contributed by atoms with E-state index in [0.717, 1.165) is 12.8 Å². The van der Waals surface area contributed by atoms with Crippen LogP contribution >= 0.6 is 15.9 Å². The molecule has 0 spiro atoms. The van der Waals surface area contributed by atoms with Gasteiger partial charge in [0.2, 0.25) is 0 Å². The Morgan fingerprint density at radius 1 is 1.19 bits per heavy atom. The zero-order chi connectivity index (χ0) is 19.2. The van der Waals surface area contributed by atoms with Crippen LogP contribution in [0.4, 0.5) is 5.69 Å². The minimum absolute atomic E-state index is 0.0161. The number of hydrogen-bond donors (Lipinski definition) is 2. The Morgan fingerprint density at radius 3 is 2.78 bits per heavy atom. The zero-order valence-electron chi connectivity index (χ0n) is 14.4. The number of carboxylic acids is 1. The number of halogens is 1. The van der Waals surface area contributed by atoms with Gasteiger partial charge in [-0.25, -0.2) is 4.79 Å². The lowest BCUT2D eigenvalue weighted by Gasteiger charge is -2.12. The Hall–Kier alpha value is -2.86. The molecule has 0 aromatic heterocycles. The first-order chi connectivity index (χ1) is 13.0. The number of anilines is 1. The first-order valence-corrected chi connectivity index (χ1v) is 9.24. The number of nitrogens with one attached hydrogen (secondary N) is 1. The molecule has 0 atom stereocenters. The third kappa shape index (κ3) is 5.08. The van der Waals surface area contributed by atoms with Gasteiger partial charge in [-0.15, -0.1) is 0 Å². The van der Waals surface area contributed by atoms with Crippen molar-refractivity contribution in [2.45, 2.75) is 12.8 Å². The monoisotopic (exact) mass is 427 g/mol. The van der Waals surface area contributed by atoms with E-state index >= 15 is 0 Å². The minimum Gasteiger partial charge on any atom is -0.489 e. The topological polar surface area (TPSA) is 75.6 Å². The summed E-state index contributed by atoms with van der Waals surface area (Å²) in [5.74, 6) is -0.920. The van der Waals surface area contributed by atoms with Gasteiger partial charge >= 0.3 is 5.97 Å². The van der Waals surface area contributed by atoms with Crippen molar-refractivity contribution in [2.75, 3.05) is 11.9 Å². The van der Waals surface area contributed by atoms with Gasteiger partial charge in [0.15, 0.2) is 0 Å². The van der Waals surface area contributed by atoms with Gasteiger partial charge in [-0.05, 0) is 54.8 Å². The fourth-order valence-corrected chi connectivity index (χ4v) is 3.03. The lowest BCUT2D eigenvalue weighted by atomic mass is 10.1. The number of carbonyl (C=O) groups is 2. The second kappa shape index (κ2) is 8.68. The largest absolute Gasteiger partial charge is 0.489 e. The van der Waals surface area contributed by atoms with E-state index in [2.05, 4.69) is 27.3 Å². The number of ether oxygens (including phenoxy) is 1. The smallest absolute Gasteiger partial charge is 0.337 e. The molecule has 0 aliphatic heterocycles. The molecule has 0 saturated carbocycles. The van der Waals surface area contributed by atoms with Crippen molar-refractivity contribution >= 4 is 33.5 Å². The fraction of sp³-hybridized carbons (Fsp3) is 0.143. The van der Waals surface area contributed by atoms with Crippen LogP contribution in [0.5, 0.6) is 5.75 Å². The molecule has 27 heavy (non-hydrogen) atoms. The third-order valence-corrected chi connectivity index (χ3v) is 4.57. The number of benzene rings is 2. The van der Waals surface area contributed by atoms with Gasteiger partial charge in [0, 0.05) is 10.0 Å². The van der Waals surface area contributed by atoms with Gasteiger partial charge in [0.1, 0.15) is 12.4 Å². The van der Waals surface area contributed by atoms with Crippen LogP contribution in [0.15, 0.2) is 70.7 Å². The zero-order valence-corrected chi connectivity index (χ0v) is 16.0. The summed E-state index contributed by atoms with van der Waals surface area (Å²) in [5, 5.41) is 12.0. The molecule has 2 aromatic rings. The van der Waals surface area contributed by atoms with E-state index in [0.29, 0.717) is 22.4 Å². The van der Waals surface area contributed by atoms with Crippen LogP contribution in [-0.4, -0.2) is 23.6 Å². The summed E-state index contributed by atoms with van der Waals surface area (Å²) in [6, 6.07) is 11.5. The first kappa shape index (κ1) is 18.9. The Balaban J connectivity index is 1.71. The molecule has 0 radical (unpaired) electrons. The van der Waals surface area contributed by atoms with Gasteiger partial charge < -0.3 is 15.2 Å². The molecule has 5 nitrogen and oxygen atoms in total. The van der Waals surface area contributed by atoms with E-state index < -0.39 is 11.9 Å². The van der Waals surface area contributed by atoms with Crippen molar-refractivity contribution in [1.82, 2.24) is 0 Å². The minimum atomic E-state index is -1.11. The molecule has 3 rings (SSSR count). The van der Waals surface area contributed by atoms with Crippen LogP contribution in [0.1, 0.15) is 33.6 Å². The predicted octanol–water partition coefficient (Wildman–Crippen LogP) is 5.05. The maximum absolute atomic E-state index is 12.5. The highest BCUT2D eigenvalue weighted by molar-refractivity contribution is 9.10. The van der Waals surface area contributed by atoms with Crippen LogP contribution < -0.4 is 10.1 Å². The Kier molecular flexibility index (Phi) is 6.08. The van der Waals surface area contributed by atoms with E-state index in [-0.39, 0.29) is 11.3 Å². The molecule has 1 aliphatic carbocycles. The molecule has 1 aliphatic rings. The van der Waals surface area contributed by atoms with E-state index in [9.17, 15) is 14.7 Å². The number of hydrogen-bond acceptors (Lipinski definition) is 3. The molecular formula is C21H18BrNO4. The van der Waals surface area contributed by atoms with E-state index in [1.165, 1.54) is 11.6 Å². The molecule has 138 valence electrons. The molecular weight excluding hydrogens is 410 g/mol. The summed E-state index contributed by atoms with van der Waals surface area (Å²) in [7, 11) is 0. The average Bonchev–Trinajstić information content (AvgIpc) is 2.68. The van der Waals surface area contributed by atoms with Crippen LogP contribution in [-0.2, 0) is 0 Å². The summed E-state index contributed by atoms with van der Waals surface area (Å²) >= 11 is 3.23. The van der Waals surface area contributed by atoms with E-state index in [1.807, 2.05) is 12.2 Å². The molecule has 2 aromatic carbocycles. The highest BCUT2D eigenvalue weighted by Crippen LogP contribution is 2.23. The SMILES string of the molecule is O=C(Nc1ccc(Br)cc1C(=O)O)c1cccc(OCC2=CC=CCC2)c1. The van der Waals surface area contributed by atoms with Crippen LogP contribution in [0.3, 0.4) is 0 Å². The molecule has 0 saturated heterocycles. The molecule has 0 fully saturated rings. The normalized spacial score (nSPS) is 13.0. The van der Waals surface area contributed by atoms with Crippen molar-refractivity contribution < 1.29 is 19.4 Å². The van der Waals surface area contributed by atoms with Crippen LogP contribution in [0.2, 0.25) is 0 Å². The number of aromatic carboxylic acids is 1. The Morgan fingerprint density at radius 2 is 2.04 bits per heavy atom. The lowest BCUT2D eigenvalue weighted by molar-refractivity contribution is 0.0698. The summed E-state index contributed by atoms with van der Waals surface area (Å²) in [4.78, 5) is 23.9. The van der Waals surface area contributed by atoms with Gasteiger partial charge in [0.25, 0.3) is 5.91 Å². The molecule has 0 heterocycles. The average molecular weight is 428 g/mol. The second-order valence-electron chi connectivity index (χ2n) is 6.06. The standard InChI is InChI=1S/C21H18BrNO4/c22-16-9-10-19(18(12-16)21(25)26)23-20(24)15-7-4-8-17(11-15)27-13-14-5-2-1-3-6-14/h1-2,4-5,7-12H,3,6,13H2,(H,23,24)(H,25,26). The van der Waals surface area contributed by atoms with Crippen LogP contribution in [0.25, 0.3) is 0 Å². The van der Waals surface area contributed by atoms with Crippen molar-refractivity contribution in [3.8, 4) is 5.75 Å². The van der Waals surface area contributed by atoms with Crippen molar-refractivity contribution in [3.63, 3.8) is 0 Å². The maximum Gasteiger partial charge on any atom is 0.337 e. The Bertz CT molecular complexity index is 934. The summed E-state index contributed by atoms with van der Waals surface area (Å²) in [5.41, 5.74) is 1.85. The van der Waals surface area contributed by atoms with Crippen molar-refractivity contribution in [1.29, 1.82) is 0 Å². The molecule has 2 N–H and O–H groups in total. The van der Waals surface area contributed by atoms with Crippen molar-refractivity contribution in [2.24, 2.45) is 0 Å². The summed E-state index contributed by atoms with van der Waals surface area (Å²) in [6.07, 6.45) is 8.16. The molecule has 0 unspecified atom stereocenters. The highest BCUT2D eigenvalue weighted by Gasteiger charge is 2.14. The first-order valence-electron chi connectivity index (χ1n) is 8.44. The summed E-state index contributed by atoms with van der Waals surface area (Å²) in [6.45, 7) is 0.477. The van der Waals surface area contributed by atoms with E-state index in [4.69, 9.17) is 4.74 Å². The number of amides is 1. The summed E-state index contributed by atoms with van der Waals surface area (Å²) < 4.78 is 6.41. The predicted molar refractivity (Wildman–Crippen MR) is 107 cm³/mol. The van der Waals surface area contributed by atoms with Crippen molar-refractivity contribution in [3.05, 3.63) is 81.9 Å². The van der Waals surface area contributed by atoms with Gasteiger partial charge in [-0.2, -0.15) is 0 Å². The quantitative estimate of drug-likeness (QED) is 0.675. The molecule has 0 bridgehead atoms. The lowest BCUT2D eigenvalue weighted by Crippen LogP contribution is -2.15. The maximum atomic E-state index is 12.5. The molecule has 6 heteroatoms. The van der Waals surface area contributed by atoms with Gasteiger partial charge in [-0.1, -0.05) is 40.2 Å². The highest BCUT2D eigenvalue weighted by atomic mass is 79.9. The molecule has 1 amide bonds. The number of allylic oxidation sites excluding steroid dienone is 3. The Labute approximate surface area is 165 Å². The van der Waals surface area contributed by atoms with Gasteiger partial charge in [0.05, 0.1) is 11.3 Å². The van der Waals surface area contributed by atoms with Gasteiger partial charge in [-0.3, -0.25) is 4.79 Å². The fourth-order valence-electron chi connectivity index (χ4n) is 2.67. The number of carboxylic acid groups (broad SMARTS) is 1. The van der Waals surface area contributed by atoms with Crippen LogP contribution in [0, 0.1) is 0 Å².